The Bertz CT molecular complexity index is 740. The standard InChI is InChI=1S/C14H9N5/c15-7-11-3-1-5-13(18-11)14-9-17-10-19(14)12-4-2-6-16-8-12/h1-6,8-10H. The highest BCUT2D eigenvalue weighted by molar-refractivity contribution is 5.57. The van der Waals surface area contributed by atoms with E-state index in [0.29, 0.717) is 11.4 Å². The molecule has 0 unspecified atom stereocenters. The second kappa shape index (κ2) is 4.70. The Morgan fingerprint density at radius 1 is 1.05 bits per heavy atom. The molecule has 5 nitrogen and oxygen atoms in total. The van der Waals surface area contributed by atoms with E-state index < -0.39 is 0 Å². The van der Waals surface area contributed by atoms with Crippen molar-refractivity contribution >= 4 is 0 Å². The van der Waals surface area contributed by atoms with Gasteiger partial charge < -0.3 is 0 Å². The minimum absolute atomic E-state index is 0.386. The highest BCUT2D eigenvalue weighted by atomic mass is 15.1. The zero-order chi connectivity index (χ0) is 13.1. The van der Waals surface area contributed by atoms with Crippen molar-refractivity contribution in [3.8, 4) is 23.1 Å². The molecule has 3 aromatic heterocycles. The van der Waals surface area contributed by atoms with E-state index in [9.17, 15) is 0 Å². The van der Waals surface area contributed by atoms with Crippen LogP contribution in [0.5, 0.6) is 0 Å². The highest BCUT2D eigenvalue weighted by Gasteiger charge is 2.08. The van der Waals surface area contributed by atoms with E-state index in [1.54, 1.807) is 31.0 Å². The summed E-state index contributed by atoms with van der Waals surface area (Å²) in [5, 5.41) is 8.90. The van der Waals surface area contributed by atoms with Gasteiger partial charge >= 0.3 is 0 Å². The maximum atomic E-state index is 8.90. The van der Waals surface area contributed by atoms with Crippen LogP contribution in [0, 0.1) is 11.3 Å². The first-order valence-electron chi connectivity index (χ1n) is 5.69. The number of aromatic nitrogens is 4. The number of imidazole rings is 1. The minimum Gasteiger partial charge on any atom is -0.296 e. The lowest BCUT2D eigenvalue weighted by molar-refractivity contribution is 1.03. The van der Waals surface area contributed by atoms with Gasteiger partial charge in [0.15, 0.2) is 0 Å². The largest absolute Gasteiger partial charge is 0.296 e. The van der Waals surface area contributed by atoms with Gasteiger partial charge in [-0.05, 0) is 24.3 Å². The van der Waals surface area contributed by atoms with E-state index in [2.05, 4.69) is 15.0 Å². The van der Waals surface area contributed by atoms with Crippen molar-refractivity contribution in [2.24, 2.45) is 0 Å². The summed E-state index contributed by atoms with van der Waals surface area (Å²) in [5.74, 6) is 0. The smallest absolute Gasteiger partial charge is 0.141 e. The van der Waals surface area contributed by atoms with Gasteiger partial charge in [0.25, 0.3) is 0 Å². The van der Waals surface area contributed by atoms with Crippen LogP contribution in [0.2, 0.25) is 0 Å². The van der Waals surface area contributed by atoms with Crippen molar-refractivity contribution in [3.05, 3.63) is 60.9 Å². The number of nitriles is 1. The van der Waals surface area contributed by atoms with Gasteiger partial charge in [0.05, 0.1) is 35.8 Å². The number of hydrogen-bond donors (Lipinski definition) is 0. The number of nitrogens with zero attached hydrogens (tertiary/aromatic N) is 5. The summed E-state index contributed by atoms with van der Waals surface area (Å²) >= 11 is 0. The predicted molar refractivity (Wildman–Crippen MR) is 69.3 cm³/mol. The third-order valence-electron chi connectivity index (χ3n) is 2.69. The van der Waals surface area contributed by atoms with Gasteiger partial charge in [-0.2, -0.15) is 5.26 Å². The topological polar surface area (TPSA) is 67.4 Å². The predicted octanol–water partition coefficient (Wildman–Crippen LogP) is 2.20. The van der Waals surface area contributed by atoms with Crippen molar-refractivity contribution in [1.82, 2.24) is 19.5 Å². The molecule has 19 heavy (non-hydrogen) atoms. The maximum absolute atomic E-state index is 8.90. The molecule has 0 amide bonds. The zero-order valence-corrected chi connectivity index (χ0v) is 9.93. The lowest BCUT2D eigenvalue weighted by Gasteiger charge is -2.06. The quantitative estimate of drug-likeness (QED) is 0.696. The van der Waals surface area contributed by atoms with Crippen molar-refractivity contribution in [2.75, 3.05) is 0 Å². The first-order chi connectivity index (χ1) is 9.38. The molecule has 0 aliphatic heterocycles. The Balaban J connectivity index is 2.13. The van der Waals surface area contributed by atoms with Crippen LogP contribution in [-0.4, -0.2) is 19.5 Å². The Morgan fingerprint density at radius 3 is 2.79 bits per heavy atom. The van der Waals surface area contributed by atoms with Gasteiger partial charge in [0.2, 0.25) is 0 Å². The summed E-state index contributed by atoms with van der Waals surface area (Å²) in [6.45, 7) is 0. The van der Waals surface area contributed by atoms with E-state index >= 15 is 0 Å². The van der Waals surface area contributed by atoms with E-state index in [4.69, 9.17) is 5.26 Å². The molecule has 3 heterocycles. The number of rotatable bonds is 2. The molecule has 0 saturated heterocycles. The van der Waals surface area contributed by atoms with Crippen molar-refractivity contribution in [3.63, 3.8) is 0 Å². The van der Waals surface area contributed by atoms with Crippen LogP contribution in [0.15, 0.2) is 55.2 Å². The van der Waals surface area contributed by atoms with Crippen molar-refractivity contribution in [1.29, 1.82) is 5.26 Å². The molecule has 5 heteroatoms. The molecule has 0 aromatic carbocycles. The van der Waals surface area contributed by atoms with E-state index in [0.717, 1.165) is 11.4 Å². The molecule has 0 aliphatic carbocycles. The molecule has 3 aromatic rings. The molecular weight excluding hydrogens is 238 g/mol. The molecular formula is C14H9N5. The Hall–Kier alpha value is -3.00. The number of pyridine rings is 2. The van der Waals surface area contributed by atoms with Gasteiger partial charge in [-0.25, -0.2) is 9.97 Å². The van der Waals surface area contributed by atoms with E-state index in [1.165, 1.54) is 0 Å². The molecule has 0 fully saturated rings. The average molecular weight is 247 g/mol. The lowest BCUT2D eigenvalue weighted by Crippen LogP contribution is -1.97. The highest BCUT2D eigenvalue weighted by Crippen LogP contribution is 2.20. The van der Waals surface area contributed by atoms with Crippen LogP contribution in [-0.2, 0) is 0 Å². The fourth-order valence-corrected chi connectivity index (χ4v) is 1.83. The van der Waals surface area contributed by atoms with Crippen LogP contribution < -0.4 is 0 Å². The Kier molecular flexibility index (Phi) is 2.75. The summed E-state index contributed by atoms with van der Waals surface area (Å²) in [4.78, 5) is 12.5. The molecule has 3 rings (SSSR count). The van der Waals surface area contributed by atoms with Crippen LogP contribution in [0.25, 0.3) is 17.1 Å². The molecule has 0 bridgehead atoms. The monoisotopic (exact) mass is 247 g/mol. The first kappa shape index (κ1) is 11.1. The average Bonchev–Trinajstić information content (AvgIpc) is 2.98. The number of hydrogen-bond acceptors (Lipinski definition) is 4. The van der Waals surface area contributed by atoms with Crippen LogP contribution in [0.1, 0.15) is 5.69 Å². The summed E-state index contributed by atoms with van der Waals surface area (Å²) in [6, 6.07) is 11.2. The van der Waals surface area contributed by atoms with Crippen LogP contribution >= 0.6 is 0 Å². The Morgan fingerprint density at radius 2 is 2.00 bits per heavy atom. The summed E-state index contributed by atoms with van der Waals surface area (Å²) in [6.07, 6.45) is 6.89. The molecule has 0 saturated carbocycles. The third kappa shape index (κ3) is 2.07. The van der Waals surface area contributed by atoms with Gasteiger partial charge in [0.1, 0.15) is 11.8 Å². The molecule has 0 radical (unpaired) electrons. The minimum atomic E-state index is 0.386. The molecule has 90 valence electrons. The fourth-order valence-electron chi connectivity index (χ4n) is 1.83. The van der Waals surface area contributed by atoms with Crippen LogP contribution in [0.4, 0.5) is 0 Å². The molecule has 0 N–H and O–H groups in total. The first-order valence-corrected chi connectivity index (χ1v) is 5.69. The maximum Gasteiger partial charge on any atom is 0.141 e. The SMILES string of the molecule is N#Cc1cccc(-c2cncn2-c2cccnc2)n1. The van der Waals surface area contributed by atoms with Crippen molar-refractivity contribution in [2.45, 2.75) is 0 Å². The normalized spacial score (nSPS) is 10.1. The van der Waals surface area contributed by atoms with Gasteiger partial charge in [-0.1, -0.05) is 6.07 Å². The second-order valence-electron chi connectivity index (χ2n) is 3.88. The fraction of sp³-hybridized carbons (Fsp3) is 0. The molecule has 0 aliphatic rings. The molecule has 0 atom stereocenters. The lowest BCUT2D eigenvalue weighted by atomic mass is 10.2. The van der Waals surface area contributed by atoms with E-state index in [1.807, 2.05) is 34.9 Å². The Labute approximate surface area is 109 Å². The van der Waals surface area contributed by atoms with Gasteiger partial charge in [-0.15, -0.1) is 0 Å². The molecule has 0 spiro atoms. The van der Waals surface area contributed by atoms with E-state index in [-0.39, 0.29) is 0 Å². The van der Waals surface area contributed by atoms with Gasteiger partial charge in [0, 0.05) is 6.20 Å². The summed E-state index contributed by atoms with van der Waals surface area (Å²) < 4.78 is 1.89. The zero-order valence-electron chi connectivity index (χ0n) is 9.93. The van der Waals surface area contributed by atoms with Crippen LogP contribution in [0.3, 0.4) is 0 Å². The third-order valence-corrected chi connectivity index (χ3v) is 2.69. The van der Waals surface area contributed by atoms with Crippen molar-refractivity contribution < 1.29 is 0 Å². The second-order valence-corrected chi connectivity index (χ2v) is 3.88. The summed E-state index contributed by atoms with van der Waals surface area (Å²) in [5.41, 5.74) is 2.82. The van der Waals surface area contributed by atoms with Gasteiger partial charge in [-0.3, -0.25) is 9.55 Å². The summed E-state index contributed by atoms with van der Waals surface area (Å²) in [7, 11) is 0.